The molecule has 0 amide bonds. The van der Waals surface area contributed by atoms with Crippen LogP contribution < -0.4 is 5.32 Å². The van der Waals surface area contributed by atoms with Gasteiger partial charge in [0.05, 0.1) is 7.11 Å². The molecule has 1 aromatic rings. The Balaban J connectivity index is 2.44. The first-order chi connectivity index (χ1) is 8.15. The van der Waals surface area contributed by atoms with E-state index in [9.17, 15) is 4.79 Å². The monoisotopic (exact) mass is 233 g/mol. The van der Waals surface area contributed by atoms with Gasteiger partial charge in [0, 0.05) is 18.2 Å². The third-order valence-electron chi connectivity index (χ3n) is 2.64. The van der Waals surface area contributed by atoms with Crippen molar-refractivity contribution in [2.24, 2.45) is 0 Å². The maximum Gasteiger partial charge on any atom is 0.333 e. The van der Waals surface area contributed by atoms with E-state index in [1.54, 1.807) is 6.92 Å². The first-order valence-corrected chi connectivity index (χ1v) is 5.68. The molecule has 0 fully saturated rings. The number of hydrogen-bond acceptors (Lipinski definition) is 3. The van der Waals surface area contributed by atoms with Gasteiger partial charge in [-0.15, -0.1) is 0 Å². The summed E-state index contributed by atoms with van der Waals surface area (Å²) in [5, 5.41) is 3.32. The van der Waals surface area contributed by atoms with Crippen LogP contribution >= 0.6 is 0 Å². The molecule has 0 aliphatic carbocycles. The summed E-state index contributed by atoms with van der Waals surface area (Å²) in [7, 11) is 1.39. The molecular weight excluding hydrogens is 214 g/mol. The lowest BCUT2D eigenvalue weighted by Crippen LogP contribution is -2.19. The lowest BCUT2D eigenvalue weighted by Gasteiger charge is -2.12. The highest BCUT2D eigenvalue weighted by Gasteiger charge is 2.04. The zero-order valence-corrected chi connectivity index (χ0v) is 10.6. The fourth-order valence-corrected chi connectivity index (χ4v) is 1.49. The Kier molecular flexibility index (Phi) is 5.43. The first-order valence-electron chi connectivity index (χ1n) is 5.68. The molecular formula is C14H19NO2. The van der Waals surface area contributed by atoms with E-state index < -0.39 is 0 Å². The van der Waals surface area contributed by atoms with Gasteiger partial charge in [0.2, 0.25) is 0 Å². The van der Waals surface area contributed by atoms with E-state index in [1.165, 1.54) is 12.7 Å². The van der Waals surface area contributed by atoms with Crippen LogP contribution in [0.15, 0.2) is 42.0 Å². The summed E-state index contributed by atoms with van der Waals surface area (Å²) in [5.41, 5.74) is 1.86. The number of esters is 1. The second-order valence-electron chi connectivity index (χ2n) is 3.92. The van der Waals surface area contributed by atoms with Gasteiger partial charge in [-0.1, -0.05) is 36.4 Å². The number of benzene rings is 1. The van der Waals surface area contributed by atoms with E-state index in [1.807, 2.05) is 24.3 Å². The average molecular weight is 233 g/mol. The molecule has 0 radical (unpaired) electrons. The van der Waals surface area contributed by atoms with E-state index in [2.05, 4.69) is 29.1 Å². The highest BCUT2D eigenvalue weighted by atomic mass is 16.5. The van der Waals surface area contributed by atoms with Crippen molar-refractivity contribution in [3.8, 4) is 0 Å². The minimum atomic E-state index is -0.279. The topological polar surface area (TPSA) is 38.3 Å². The molecule has 3 nitrogen and oxygen atoms in total. The number of hydrogen-bond donors (Lipinski definition) is 1. The molecule has 1 N–H and O–H groups in total. The van der Waals surface area contributed by atoms with Gasteiger partial charge in [0.25, 0.3) is 0 Å². The minimum Gasteiger partial charge on any atom is -0.466 e. The van der Waals surface area contributed by atoms with Gasteiger partial charge in [-0.05, 0) is 19.4 Å². The SMILES string of the molecule is COC(=O)/C(C)=C/CNC(C)c1ccccc1. The largest absolute Gasteiger partial charge is 0.466 e. The highest BCUT2D eigenvalue weighted by molar-refractivity contribution is 5.87. The highest BCUT2D eigenvalue weighted by Crippen LogP contribution is 2.10. The normalized spacial score (nSPS) is 13.2. The Bertz CT molecular complexity index is 384. The second kappa shape index (κ2) is 6.86. The number of methoxy groups -OCH3 is 1. The Morgan fingerprint density at radius 2 is 2.06 bits per heavy atom. The van der Waals surface area contributed by atoms with Crippen LogP contribution in [0.5, 0.6) is 0 Å². The molecule has 92 valence electrons. The molecule has 0 saturated heterocycles. The lowest BCUT2D eigenvalue weighted by molar-refractivity contribution is -0.136. The van der Waals surface area contributed by atoms with E-state index in [-0.39, 0.29) is 12.0 Å². The third-order valence-corrected chi connectivity index (χ3v) is 2.64. The van der Waals surface area contributed by atoms with Crippen LogP contribution in [0, 0.1) is 0 Å². The van der Waals surface area contributed by atoms with Crippen molar-refractivity contribution in [3.63, 3.8) is 0 Å². The van der Waals surface area contributed by atoms with Crippen LogP contribution in [0.3, 0.4) is 0 Å². The molecule has 1 aromatic carbocycles. The maximum absolute atomic E-state index is 11.1. The smallest absolute Gasteiger partial charge is 0.333 e. The molecule has 0 spiro atoms. The van der Waals surface area contributed by atoms with Gasteiger partial charge in [0.1, 0.15) is 0 Å². The number of ether oxygens (including phenoxy) is 1. The third kappa shape index (κ3) is 4.41. The van der Waals surface area contributed by atoms with Crippen LogP contribution in [-0.2, 0) is 9.53 Å². The summed E-state index contributed by atoms with van der Waals surface area (Å²) in [6, 6.07) is 10.4. The van der Waals surface area contributed by atoms with Crippen molar-refractivity contribution in [3.05, 3.63) is 47.5 Å². The van der Waals surface area contributed by atoms with Gasteiger partial charge < -0.3 is 10.1 Å². The predicted molar refractivity (Wildman–Crippen MR) is 68.6 cm³/mol. The number of rotatable bonds is 5. The summed E-state index contributed by atoms with van der Waals surface area (Å²) < 4.78 is 4.62. The molecule has 0 aliphatic heterocycles. The molecule has 0 bridgehead atoms. The van der Waals surface area contributed by atoms with Crippen molar-refractivity contribution in [1.29, 1.82) is 0 Å². The molecule has 0 saturated carbocycles. The standard InChI is InChI=1S/C14H19NO2/c1-11(14(16)17-3)9-10-15-12(2)13-7-5-4-6-8-13/h4-9,12,15H,10H2,1-3H3/b11-9+. The van der Waals surface area contributed by atoms with Crippen molar-refractivity contribution in [1.82, 2.24) is 5.32 Å². The van der Waals surface area contributed by atoms with Gasteiger partial charge in [-0.2, -0.15) is 0 Å². The molecule has 1 rings (SSSR count). The Hall–Kier alpha value is -1.61. The zero-order chi connectivity index (χ0) is 12.7. The van der Waals surface area contributed by atoms with Gasteiger partial charge in [-0.3, -0.25) is 0 Å². The quantitative estimate of drug-likeness (QED) is 0.627. The summed E-state index contributed by atoms with van der Waals surface area (Å²) >= 11 is 0. The predicted octanol–water partition coefficient (Wildman–Crippen LogP) is 2.46. The molecule has 1 atom stereocenters. The van der Waals surface area contributed by atoms with Crippen LogP contribution in [-0.4, -0.2) is 19.6 Å². The minimum absolute atomic E-state index is 0.262. The van der Waals surface area contributed by atoms with E-state index in [0.29, 0.717) is 12.1 Å². The Morgan fingerprint density at radius 1 is 1.41 bits per heavy atom. The fraction of sp³-hybridized carbons (Fsp3) is 0.357. The first kappa shape index (κ1) is 13.5. The zero-order valence-electron chi connectivity index (χ0n) is 10.6. The fourth-order valence-electron chi connectivity index (χ4n) is 1.49. The lowest BCUT2D eigenvalue weighted by atomic mass is 10.1. The van der Waals surface area contributed by atoms with Crippen LogP contribution in [0.4, 0.5) is 0 Å². The van der Waals surface area contributed by atoms with Crippen molar-refractivity contribution < 1.29 is 9.53 Å². The van der Waals surface area contributed by atoms with Gasteiger partial charge in [0.15, 0.2) is 0 Å². The van der Waals surface area contributed by atoms with E-state index in [4.69, 9.17) is 0 Å². The summed E-state index contributed by atoms with van der Waals surface area (Å²) in [6.45, 7) is 4.49. The Morgan fingerprint density at radius 3 is 2.65 bits per heavy atom. The molecule has 0 aliphatic rings. The van der Waals surface area contributed by atoms with E-state index in [0.717, 1.165) is 0 Å². The average Bonchev–Trinajstić information content (AvgIpc) is 2.38. The number of carbonyl (C=O) groups excluding carboxylic acids is 1. The van der Waals surface area contributed by atoms with Crippen molar-refractivity contribution in [2.45, 2.75) is 19.9 Å². The molecule has 1 unspecified atom stereocenters. The molecule has 0 heterocycles. The van der Waals surface area contributed by atoms with Crippen molar-refractivity contribution in [2.75, 3.05) is 13.7 Å². The summed E-state index contributed by atoms with van der Waals surface area (Å²) in [4.78, 5) is 11.1. The molecule has 0 aromatic heterocycles. The summed E-state index contributed by atoms with van der Waals surface area (Å²) in [6.07, 6.45) is 1.84. The molecule has 17 heavy (non-hydrogen) atoms. The van der Waals surface area contributed by atoms with Crippen molar-refractivity contribution >= 4 is 5.97 Å². The number of carbonyl (C=O) groups is 1. The van der Waals surface area contributed by atoms with Gasteiger partial charge in [-0.25, -0.2) is 4.79 Å². The second-order valence-corrected chi connectivity index (χ2v) is 3.92. The van der Waals surface area contributed by atoms with Crippen LogP contribution in [0.25, 0.3) is 0 Å². The van der Waals surface area contributed by atoms with E-state index >= 15 is 0 Å². The van der Waals surface area contributed by atoms with Crippen LogP contribution in [0.1, 0.15) is 25.5 Å². The van der Waals surface area contributed by atoms with Crippen LogP contribution in [0.2, 0.25) is 0 Å². The van der Waals surface area contributed by atoms with Gasteiger partial charge >= 0.3 is 5.97 Å². The maximum atomic E-state index is 11.1. The Labute approximate surface area is 102 Å². The molecule has 3 heteroatoms. The number of nitrogens with one attached hydrogen (secondary N) is 1. The summed E-state index contributed by atoms with van der Waals surface area (Å²) in [5.74, 6) is -0.279.